The first-order valence-electron chi connectivity index (χ1n) is 5.34. The van der Waals surface area contributed by atoms with E-state index in [-0.39, 0.29) is 10.7 Å². The van der Waals surface area contributed by atoms with Gasteiger partial charge in [-0.1, -0.05) is 11.6 Å². The number of hydrogen-bond donors (Lipinski definition) is 1. The highest BCUT2D eigenvalue weighted by Gasteiger charge is 2.13. The highest BCUT2D eigenvalue weighted by Crippen LogP contribution is 2.18. The summed E-state index contributed by atoms with van der Waals surface area (Å²) in [5.41, 5.74) is 2.94. The Labute approximate surface area is 109 Å². The number of aromatic carboxylic acids is 1. The Morgan fingerprint density at radius 1 is 1.33 bits per heavy atom. The van der Waals surface area contributed by atoms with Crippen molar-refractivity contribution in [3.8, 4) is 5.82 Å². The van der Waals surface area contributed by atoms with Gasteiger partial charge in [0, 0.05) is 5.69 Å². The van der Waals surface area contributed by atoms with E-state index in [2.05, 4.69) is 10.1 Å². The number of rotatable bonds is 2. The van der Waals surface area contributed by atoms with Crippen LogP contribution in [0.5, 0.6) is 0 Å². The molecule has 2 heterocycles. The van der Waals surface area contributed by atoms with Gasteiger partial charge in [0.05, 0.1) is 11.3 Å². The molecule has 0 saturated heterocycles. The largest absolute Gasteiger partial charge is 0.478 e. The average Bonchev–Trinajstić information content (AvgIpc) is 2.56. The summed E-state index contributed by atoms with van der Waals surface area (Å²) in [6, 6.07) is 2.76. The molecule has 5 nitrogen and oxygen atoms in total. The molecular formula is C12H12ClN3O2. The van der Waals surface area contributed by atoms with E-state index in [0.717, 1.165) is 17.0 Å². The minimum atomic E-state index is -1.04. The van der Waals surface area contributed by atoms with Crippen LogP contribution in [0.3, 0.4) is 0 Å². The van der Waals surface area contributed by atoms with Crippen molar-refractivity contribution in [3.05, 3.63) is 39.8 Å². The lowest BCUT2D eigenvalue weighted by molar-refractivity contribution is 0.0696. The molecule has 0 bridgehead atoms. The van der Waals surface area contributed by atoms with Crippen molar-refractivity contribution in [1.82, 2.24) is 14.8 Å². The van der Waals surface area contributed by atoms with E-state index in [1.54, 1.807) is 4.68 Å². The molecule has 0 saturated carbocycles. The van der Waals surface area contributed by atoms with Gasteiger partial charge >= 0.3 is 5.97 Å². The predicted octanol–water partition coefficient (Wildman–Crippen LogP) is 2.54. The highest BCUT2D eigenvalue weighted by atomic mass is 35.5. The number of hydrogen-bond acceptors (Lipinski definition) is 3. The first-order valence-corrected chi connectivity index (χ1v) is 5.72. The zero-order valence-corrected chi connectivity index (χ0v) is 11.0. The number of halogens is 1. The van der Waals surface area contributed by atoms with Gasteiger partial charge in [-0.25, -0.2) is 14.5 Å². The van der Waals surface area contributed by atoms with Crippen LogP contribution < -0.4 is 0 Å². The van der Waals surface area contributed by atoms with Crippen LogP contribution in [0.15, 0.2) is 12.1 Å². The molecule has 2 aromatic heterocycles. The van der Waals surface area contributed by atoms with Crippen molar-refractivity contribution >= 4 is 17.6 Å². The quantitative estimate of drug-likeness (QED) is 0.848. The van der Waals surface area contributed by atoms with Crippen LogP contribution in [-0.2, 0) is 0 Å². The molecule has 0 atom stereocenters. The van der Waals surface area contributed by atoms with E-state index in [0.29, 0.717) is 5.82 Å². The summed E-state index contributed by atoms with van der Waals surface area (Å²) in [4.78, 5) is 15.1. The number of aromatic nitrogens is 3. The Morgan fingerprint density at radius 2 is 2.00 bits per heavy atom. The lowest BCUT2D eigenvalue weighted by Crippen LogP contribution is -2.06. The minimum absolute atomic E-state index is 0.0928. The second-order valence-corrected chi connectivity index (χ2v) is 4.44. The molecule has 0 aliphatic rings. The van der Waals surface area contributed by atoms with E-state index >= 15 is 0 Å². The standard InChI is InChI=1S/C12H12ClN3O2/c1-6-7(2)15-16(8(6)3)11-5-9(12(17)18)4-10(13)14-11/h4-5H,1-3H3,(H,17,18). The number of nitrogens with zero attached hydrogens (tertiary/aromatic N) is 3. The summed E-state index contributed by atoms with van der Waals surface area (Å²) >= 11 is 5.83. The van der Waals surface area contributed by atoms with Crippen LogP contribution >= 0.6 is 11.6 Å². The molecule has 0 amide bonds. The lowest BCUT2D eigenvalue weighted by atomic mass is 10.2. The Kier molecular flexibility index (Phi) is 3.09. The fourth-order valence-electron chi connectivity index (χ4n) is 1.66. The maximum Gasteiger partial charge on any atom is 0.335 e. The number of aryl methyl sites for hydroxylation is 1. The molecule has 0 fully saturated rings. The summed E-state index contributed by atoms with van der Waals surface area (Å²) < 4.78 is 1.60. The highest BCUT2D eigenvalue weighted by molar-refractivity contribution is 6.29. The molecule has 2 rings (SSSR count). The van der Waals surface area contributed by atoms with Gasteiger partial charge in [0.25, 0.3) is 0 Å². The molecule has 0 aliphatic carbocycles. The van der Waals surface area contributed by atoms with Crippen LogP contribution in [-0.4, -0.2) is 25.8 Å². The fourth-order valence-corrected chi connectivity index (χ4v) is 1.86. The third-order valence-corrected chi connectivity index (χ3v) is 3.09. The summed E-state index contributed by atoms with van der Waals surface area (Å²) in [5, 5.41) is 13.5. The third-order valence-electron chi connectivity index (χ3n) is 2.90. The predicted molar refractivity (Wildman–Crippen MR) is 67.5 cm³/mol. The maximum atomic E-state index is 11.0. The Hall–Kier alpha value is -1.88. The van der Waals surface area contributed by atoms with Gasteiger partial charge in [0.2, 0.25) is 0 Å². The number of carboxylic acids is 1. The summed E-state index contributed by atoms with van der Waals surface area (Å²) in [6.07, 6.45) is 0. The third kappa shape index (κ3) is 2.09. The van der Waals surface area contributed by atoms with Crippen molar-refractivity contribution in [3.63, 3.8) is 0 Å². The molecule has 0 unspecified atom stereocenters. The van der Waals surface area contributed by atoms with E-state index in [1.165, 1.54) is 12.1 Å². The number of pyridine rings is 1. The summed E-state index contributed by atoms with van der Waals surface area (Å²) in [6.45, 7) is 5.75. The van der Waals surface area contributed by atoms with Gasteiger partial charge in [-0.2, -0.15) is 5.10 Å². The maximum absolute atomic E-state index is 11.0. The van der Waals surface area contributed by atoms with Gasteiger partial charge in [-0.15, -0.1) is 0 Å². The van der Waals surface area contributed by atoms with Gasteiger partial charge < -0.3 is 5.11 Å². The molecule has 2 aromatic rings. The van der Waals surface area contributed by atoms with Gasteiger partial charge in [0.15, 0.2) is 5.82 Å². The number of carbonyl (C=O) groups is 1. The van der Waals surface area contributed by atoms with E-state index in [4.69, 9.17) is 16.7 Å². The van der Waals surface area contributed by atoms with Crippen molar-refractivity contribution < 1.29 is 9.90 Å². The molecule has 0 spiro atoms. The molecule has 18 heavy (non-hydrogen) atoms. The monoisotopic (exact) mass is 265 g/mol. The lowest BCUT2D eigenvalue weighted by Gasteiger charge is -2.05. The summed E-state index contributed by atoms with van der Waals surface area (Å²) in [5.74, 6) is -0.632. The fraction of sp³-hybridized carbons (Fsp3) is 0.250. The van der Waals surface area contributed by atoms with Crippen molar-refractivity contribution in [2.45, 2.75) is 20.8 Å². The van der Waals surface area contributed by atoms with E-state index in [1.807, 2.05) is 20.8 Å². The second-order valence-electron chi connectivity index (χ2n) is 4.05. The Bertz CT molecular complexity index is 634. The average molecular weight is 266 g/mol. The first-order chi connectivity index (χ1) is 8.40. The Morgan fingerprint density at radius 3 is 2.50 bits per heavy atom. The number of carboxylic acid groups (broad SMARTS) is 1. The molecule has 94 valence electrons. The van der Waals surface area contributed by atoms with Gasteiger partial charge in [0.1, 0.15) is 5.15 Å². The van der Waals surface area contributed by atoms with Crippen LogP contribution in [0.1, 0.15) is 27.3 Å². The van der Waals surface area contributed by atoms with Crippen molar-refractivity contribution in [1.29, 1.82) is 0 Å². The second kappa shape index (κ2) is 4.42. The topological polar surface area (TPSA) is 68.0 Å². The van der Waals surface area contributed by atoms with Crippen molar-refractivity contribution in [2.24, 2.45) is 0 Å². The molecule has 0 aliphatic heterocycles. The van der Waals surface area contributed by atoms with Gasteiger partial charge in [-0.05, 0) is 38.5 Å². The van der Waals surface area contributed by atoms with Gasteiger partial charge in [-0.3, -0.25) is 0 Å². The Balaban J connectivity index is 2.63. The van der Waals surface area contributed by atoms with E-state index < -0.39 is 5.97 Å². The molecular weight excluding hydrogens is 254 g/mol. The first kappa shape index (κ1) is 12.6. The molecule has 0 radical (unpaired) electrons. The van der Waals surface area contributed by atoms with Crippen LogP contribution in [0.4, 0.5) is 0 Å². The minimum Gasteiger partial charge on any atom is -0.478 e. The molecule has 0 aromatic carbocycles. The van der Waals surface area contributed by atoms with Crippen LogP contribution in [0.2, 0.25) is 5.15 Å². The molecule has 1 N–H and O–H groups in total. The van der Waals surface area contributed by atoms with Crippen LogP contribution in [0.25, 0.3) is 5.82 Å². The zero-order chi connectivity index (χ0) is 13.4. The SMILES string of the molecule is Cc1nn(-c2cc(C(=O)O)cc(Cl)n2)c(C)c1C. The summed E-state index contributed by atoms with van der Waals surface area (Å²) in [7, 11) is 0. The normalized spacial score (nSPS) is 10.7. The van der Waals surface area contributed by atoms with Crippen LogP contribution in [0, 0.1) is 20.8 Å². The molecule has 6 heteroatoms. The van der Waals surface area contributed by atoms with E-state index in [9.17, 15) is 4.79 Å². The van der Waals surface area contributed by atoms with Crippen molar-refractivity contribution in [2.75, 3.05) is 0 Å². The smallest absolute Gasteiger partial charge is 0.335 e. The zero-order valence-electron chi connectivity index (χ0n) is 10.2.